The van der Waals surface area contributed by atoms with Gasteiger partial charge in [0, 0.05) is 24.7 Å². The molecular formula is C13H19N3O3S. The van der Waals surface area contributed by atoms with Gasteiger partial charge in [-0.15, -0.1) is 11.3 Å². The highest BCUT2D eigenvalue weighted by molar-refractivity contribution is 7.09. The summed E-state index contributed by atoms with van der Waals surface area (Å²) < 4.78 is 0. The summed E-state index contributed by atoms with van der Waals surface area (Å²) in [5, 5.41) is 14.7. The van der Waals surface area contributed by atoms with Crippen LogP contribution in [0.3, 0.4) is 0 Å². The van der Waals surface area contributed by atoms with Crippen LogP contribution in [-0.2, 0) is 10.3 Å². The molecule has 1 fully saturated rings. The van der Waals surface area contributed by atoms with Crippen molar-refractivity contribution in [2.24, 2.45) is 11.8 Å². The highest BCUT2D eigenvalue weighted by atomic mass is 32.1. The number of nitrogens with zero attached hydrogens (tertiary/aromatic N) is 2. The quantitative estimate of drug-likeness (QED) is 0.890. The van der Waals surface area contributed by atoms with Crippen molar-refractivity contribution in [3.63, 3.8) is 0 Å². The maximum absolute atomic E-state index is 12.3. The van der Waals surface area contributed by atoms with Crippen LogP contribution < -0.4 is 5.32 Å². The molecule has 7 heteroatoms. The Morgan fingerprint density at radius 3 is 2.70 bits per heavy atom. The van der Waals surface area contributed by atoms with Crippen molar-refractivity contribution in [3.8, 4) is 0 Å². The minimum atomic E-state index is -0.841. The summed E-state index contributed by atoms with van der Waals surface area (Å²) in [4.78, 5) is 29.1. The Kier molecular flexibility index (Phi) is 3.99. The van der Waals surface area contributed by atoms with Gasteiger partial charge in [0.15, 0.2) is 0 Å². The lowest BCUT2D eigenvalue weighted by Gasteiger charge is -2.27. The van der Waals surface area contributed by atoms with Gasteiger partial charge in [-0.05, 0) is 19.8 Å². The number of urea groups is 1. The average molecular weight is 297 g/mol. The van der Waals surface area contributed by atoms with Gasteiger partial charge >= 0.3 is 12.0 Å². The normalized spacial score (nSPS) is 22.9. The van der Waals surface area contributed by atoms with Crippen LogP contribution in [-0.4, -0.2) is 40.1 Å². The predicted octanol–water partition coefficient (Wildman–Crippen LogP) is 1.74. The van der Waals surface area contributed by atoms with E-state index in [0.717, 1.165) is 5.01 Å². The monoisotopic (exact) mass is 297 g/mol. The first-order chi connectivity index (χ1) is 9.31. The molecule has 0 aromatic carbocycles. The molecule has 0 saturated carbocycles. The smallest absolute Gasteiger partial charge is 0.318 e. The molecule has 0 spiro atoms. The molecule has 110 valence electrons. The van der Waals surface area contributed by atoms with Gasteiger partial charge in [0.1, 0.15) is 5.01 Å². The molecule has 6 nitrogen and oxygen atoms in total. The molecule has 1 aromatic heterocycles. The largest absolute Gasteiger partial charge is 0.481 e. The van der Waals surface area contributed by atoms with E-state index in [9.17, 15) is 9.59 Å². The molecule has 1 saturated heterocycles. The number of carbonyl (C=O) groups is 2. The van der Waals surface area contributed by atoms with Gasteiger partial charge in [-0.3, -0.25) is 4.79 Å². The number of hydrogen-bond acceptors (Lipinski definition) is 4. The van der Waals surface area contributed by atoms with E-state index in [4.69, 9.17) is 5.11 Å². The molecule has 2 atom stereocenters. The van der Waals surface area contributed by atoms with Crippen LogP contribution in [0.4, 0.5) is 4.79 Å². The van der Waals surface area contributed by atoms with Gasteiger partial charge in [0.2, 0.25) is 0 Å². The lowest BCUT2D eigenvalue weighted by atomic mass is 9.99. The molecule has 2 rings (SSSR count). The van der Waals surface area contributed by atoms with Crippen LogP contribution in [0.5, 0.6) is 0 Å². The van der Waals surface area contributed by atoms with E-state index in [-0.39, 0.29) is 18.5 Å². The first-order valence-electron chi connectivity index (χ1n) is 6.51. The van der Waals surface area contributed by atoms with Crippen LogP contribution in [0.1, 0.15) is 25.8 Å². The van der Waals surface area contributed by atoms with Gasteiger partial charge in [0.25, 0.3) is 0 Å². The Bertz CT molecular complexity index is 501. The minimum Gasteiger partial charge on any atom is -0.481 e. The van der Waals surface area contributed by atoms with Crippen molar-refractivity contribution in [3.05, 3.63) is 16.6 Å². The number of carbonyl (C=O) groups excluding carboxylic acids is 1. The van der Waals surface area contributed by atoms with Crippen LogP contribution in [0, 0.1) is 11.8 Å². The second-order valence-corrected chi connectivity index (χ2v) is 6.61. The van der Waals surface area contributed by atoms with Gasteiger partial charge in [-0.1, -0.05) is 6.92 Å². The van der Waals surface area contributed by atoms with Crippen LogP contribution in [0.15, 0.2) is 11.6 Å². The summed E-state index contributed by atoms with van der Waals surface area (Å²) in [5.41, 5.74) is -0.560. The molecule has 0 radical (unpaired) electrons. The molecule has 0 bridgehead atoms. The molecule has 20 heavy (non-hydrogen) atoms. The molecular weight excluding hydrogens is 278 g/mol. The second kappa shape index (κ2) is 5.40. The van der Waals surface area contributed by atoms with Gasteiger partial charge in [-0.25, -0.2) is 9.78 Å². The molecule has 1 aliphatic heterocycles. The molecule has 0 aliphatic carbocycles. The second-order valence-electron chi connectivity index (χ2n) is 5.72. The summed E-state index contributed by atoms with van der Waals surface area (Å²) in [6.45, 7) is 6.36. The number of likely N-dealkylation sites (tertiary alicyclic amines) is 1. The van der Waals surface area contributed by atoms with Gasteiger partial charge < -0.3 is 15.3 Å². The Morgan fingerprint density at radius 1 is 1.50 bits per heavy atom. The Labute approximate surface area is 121 Å². The number of nitrogens with one attached hydrogen (secondary N) is 1. The zero-order valence-electron chi connectivity index (χ0n) is 11.8. The van der Waals surface area contributed by atoms with E-state index < -0.39 is 17.4 Å². The lowest BCUT2D eigenvalue weighted by molar-refractivity contribution is -0.142. The Morgan fingerprint density at radius 2 is 2.20 bits per heavy atom. The summed E-state index contributed by atoms with van der Waals surface area (Å²) in [5.74, 6) is -1.35. The number of aromatic nitrogens is 1. The van der Waals surface area contributed by atoms with E-state index in [1.165, 1.54) is 11.3 Å². The maximum atomic E-state index is 12.3. The first kappa shape index (κ1) is 14.8. The summed E-state index contributed by atoms with van der Waals surface area (Å²) in [6, 6.07) is -0.235. The summed E-state index contributed by atoms with van der Waals surface area (Å²) in [7, 11) is 0. The number of carboxylic acids is 1. The van der Waals surface area contributed by atoms with Crippen molar-refractivity contribution < 1.29 is 14.7 Å². The predicted molar refractivity (Wildman–Crippen MR) is 75.5 cm³/mol. The third-order valence-electron chi connectivity index (χ3n) is 3.60. The average Bonchev–Trinajstić information content (AvgIpc) is 2.96. The van der Waals surface area contributed by atoms with E-state index in [1.807, 2.05) is 26.2 Å². The van der Waals surface area contributed by atoms with E-state index in [0.29, 0.717) is 6.54 Å². The number of carboxylic acid groups (broad SMARTS) is 1. The third kappa shape index (κ3) is 2.92. The maximum Gasteiger partial charge on any atom is 0.318 e. The fourth-order valence-electron chi connectivity index (χ4n) is 2.39. The lowest BCUT2D eigenvalue weighted by Crippen LogP contribution is -2.48. The zero-order chi connectivity index (χ0) is 14.9. The Balaban J connectivity index is 2.01. The molecule has 1 aliphatic rings. The number of thiazole rings is 1. The van der Waals surface area contributed by atoms with Crippen molar-refractivity contribution in [2.75, 3.05) is 13.1 Å². The van der Waals surface area contributed by atoms with Crippen molar-refractivity contribution in [2.45, 2.75) is 26.3 Å². The summed E-state index contributed by atoms with van der Waals surface area (Å²) in [6.07, 6.45) is 1.70. The molecule has 1 aromatic rings. The molecule has 0 unspecified atom stereocenters. The van der Waals surface area contributed by atoms with Crippen molar-refractivity contribution >= 4 is 23.3 Å². The SMILES string of the molecule is C[C@@H]1CN(C(=O)NC(C)(C)c2nccs2)C[C@H]1C(=O)O. The topological polar surface area (TPSA) is 82.5 Å². The third-order valence-corrected chi connectivity index (χ3v) is 4.70. The van der Waals surface area contributed by atoms with Gasteiger partial charge in [0.05, 0.1) is 11.5 Å². The highest BCUT2D eigenvalue weighted by Crippen LogP contribution is 2.26. The first-order valence-corrected chi connectivity index (χ1v) is 7.39. The number of amides is 2. The standard InChI is InChI=1S/C13H19N3O3S/c1-8-6-16(7-9(8)10(17)18)12(19)15-13(2,3)11-14-4-5-20-11/h4-5,8-9H,6-7H2,1-3H3,(H,15,19)(H,17,18)/t8-,9-/m1/s1. The minimum absolute atomic E-state index is 0.0266. The van der Waals surface area contributed by atoms with Crippen molar-refractivity contribution in [1.82, 2.24) is 15.2 Å². The van der Waals surface area contributed by atoms with Crippen molar-refractivity contribution in [1.29, 1.82) is 0 Å². The summed E-state index contributed by atoms with van der Waals surface area (Å²) >= 11 is 1.48. The fraction of sp³-hybridized carbons (Fsp3) is 0.615. The van der Waals surface area contributed by atoms with E-state index in [1.54, 1.807) is 11.1 Å². The zero-order valence-corrected chi connectivity index (χ0v) is 12.6. The van der Waals surface area contributed by atoms with Gasteiger partial charge in [-0.2, -0.15) is 0 Å². The van der Waals surface area contributed by atoms with Crippen LogP contribution in [0.2, 0.25) is 0 Å². The molecule has 2 N–H and O–H groups in total. The fourth-order valence-corrected chi connectivity index (χ4v) is 3.10. The Hall–Kier alpha value is -1.63. The number of hydrogen-bond donors (Lipinski definition) is 2. The van der Waals surface area contributed by atoms with Crippen LogP contribution in [0.25, 0.3) is 0 Å². The highest BCUT2D eigenvalue weighted by Gasteiger charge is 2.38. The number of rotatable bonds is 3. The van der Waals surface area contributed by atoms with E-state index in [2.05, 4.69) is 10.3 Å². The number of aliphatic carboxylic acids is 1. The molecule has 2 amide bonds. The van der Waals surface area contributed by atoms with E-state index >= 15 is 0 Å². The van der Waals surface area contributed by atoms with Crippen LogP contribution >= 0.6 is 11.3 Å². The molecule has 2 heterocycles.